The van der Waals surface area contributed by atoms with Crippen LogP contribution in [-0.4, -0.2) is 22.8 Å². The Kier molecular flexibility index (Phi) is 2.87. The number of rotatable bonds is 3. The molecule has 0 heterocycles. The fourth-order valence-corrected chi connectivity index (χ4v) is 1.72. The number of hydrogen-bond donors (Lipinski definition) is 1. The van der Waals surface area contributed by atoms with Gasteiger partial charge in [-0.25, -0.2) is 0 Å². The minimum absolute atomic E-state index is 0.709. The molecule has 0 aliphatic rings. The Morgan fingerprint density at radius 3 is 2.06 bits per heavy atom. The summed E-state index contributed by atoms with van der Waals surface area (Å²) >= 11 is 0. The number of hydrogen-bond acceptors (Lipinski definition) is 6. The van der Waals surface area contributed by atoms with Crippen molar-refractivity contribution in [2.45, 2.75) is 4.90 Å². The highest BCUT2D eigenvalue weighted by molar-refractivity contribution is 7.86. The van der Waals surface area contributed by atoms with Gasteiger partial charge >= 0.3 is 21.5 Å². The molecule has 0 saturated heterocycles. The van der Waals surface area contributed by atoms with Crippen molar-refractivity contribution in [3.05, 3.63) is 38.4 Å². The molecule has 0 bridgehead atoms. The van der Waals surface area contributed by atoms with E-state index in [-0.39, 0.29) is 0 Å². The minimum atomic E-state index is -4.88. The van der Waals surface area contributed by atoms with Crippen LogP contribution in [-0.2, 0) is 10.1 Å². The normalized spacial score (nSPS) is 11.1. The van der Waals surface area contributed by atoms with Gasteiger partial charge in [0.1, 0.15) is 0 Å². The lowest BCUT2D eigenvalue weighted by Gasteiger charge is -1.99. The molecule has 0 aliphatic heterocycles. The van der Waals surface area contributed by atoms with E-state index in [9.17, 15) is 28.6 Å². The van der Waals surface area contributed by atoms with Crippen molar-refractivity contribution in [2.24, 2.45) is 0 Å². The van der Waals surface area contributed by atoms with Crippen LogP contribution in [0.15, 0.2) is 23.1 Å². The van der Waals surface area contributed by atoms with Gasteiger partial charge in [0.25, 0.3) is 0 Å². The molecule has 10 heteroatoms. The maximum Gasteiger partial charge on any atom is 0.366 e. The van der Waals surface area contributed by atoms with Crippen molar-refractivity contribution in [1.82, 2.24) is 0 Å². The second-order valence-electron chi connectivity index (χ2n) is 2.61. The predicted octanol–water partition coefficient (Wildman–Crippen LogP) is 0.750. The maximum atomic E-state index is 10.8. The second kappa shape index (κ2) is 3.83. The first-order valence-corrected chi connectivity index (χ1v) is 5.08. The largest absolute Gasteiger partial charge is 0.366 e. The molecule has 1 aromatic rings. The molecule has 0 amide bonds. The van der Waals surface area contributed by atoms with Crippen LogP contribution in [0.25, 0.3) is 0 Å². The van der Waals surface area contributed by atoms with Crippen LogP contribution in [0.4, 0.5) is 11.4 Å². The van der Waals surface area contributed by atoms with E-state index in [0.717, 1.165) is 12.1 Å². The molecule has 1 N–H and O–H groups in total. The minimum Gasteiger partial charge on any atom is -0.282 e. The Labute approximate surface area is 88.4 Å². The van der Waals surface area contributed by atoms with E-state index >= 15 is 0 Å². The Hall–Kier alpha value is -2.07. The van der Waals surface area contributed by atoms with Crippen LogP contribution >= 0.6 is 0 Å². The zero-order valence-corrected chi connectivity index (χ0v) is 8.25. The van der Waals surface area contributed by atoms with E-state index in [1.165, 1.54) is 0 Å². The summed E-state index contributed by atoms with van der Waals surface area (Å²) in [7, 11) is -4.88. The molecular formula is C6H4N2O7S. The van der Waals surface area contributed by atoms with Crippen molar-refractivity contribution >= 4 is 21.5 Å². The number of nitro benzene ring substituents is 2. The lowest BCUT2D eigenvalue weighted by molar-refractivity contribution is -0.424. The van der Waals surface area contributed by atoms with E-state index in [1.54, 1.807) is 0 Å². The number of nitrogens with zero attached hydrogens (tertiary/aromatic N) is 2. The molecule has 0 fully saturated rings. The van der Waals surface area contributed by atoms with E-state index in [0.29, 0.717) is 6.07 Å². The molecule has 16 heavy (non-hydrogen) atoms. The molecule has 0 radical (unpaired) electrons. The highest BCUT2D eigenvalue weighted by Gasteiger charge is 2.33. The molecule has 1 rings (SSSR count). The summed E-state index contributed by atoms with van der Waals surface area (Å²) in [4.78, 5) is 17.5. The molecule has 0 atom stereocenters. The topological polar surface area (TPSA) is 141 Å². The monoisotopic (exact) mass is 248 g/mol. The molecule has 0 saturated carbocycles. The smallest absolute Gasteiger partial charge is 0.282 e. The SMILES string of the molecule is O=[N+]([O-])c1cccc(S(=O)(=O)O)c1[N+](=O)[O-]. The van der Waals surface area contributed by atoms with Gasteiger partial charge in [0.2, 0.25) is 0 Å². The van der Waals surface area contributed by atoms with Crippen LogP contribution in [0, 0.1) is 20.2 Å². The van der Waals surface area contributed by atoms with Crippen molar-refractivity contribution in [3.63, 3.8) is 0 Å². The molecular weight excluding hydrogens is 244 g/mol. The first kappa shape index (κ1) is 12.0. The zero-order valence-electron chi connectivity index (χ0n) is 7.43. The van der Waals surface area contributed by atoms with Crippen LogP contribution in [0.3, 0.4) is 0 Å². The standard InChI is InChI=1S/C6H4N2O7S/c9-7(10)4-2-1-3-5(16(13,14)15)6(4)8(11)12/h1-3H,(H,13,14,15). The summed E-state index contributed by atoms with van der Waals surface area (Å²) in [6.45, 7) is 0. The zero-order chi connectivity index (χ0) is 12.5. The fourth-order valence-electron chi connectivity index (χ4n) is 1.05. The number of benzene rings is 1. The van der Waals surface area contributed by atoms with Gasteiger partial charge in [0, 0.05) is 6.07 Å². The summed E-state index contributed by atoms with van der Waals surface area (Å²) in [5.41, 5.74) is -2.25. The first-order chi connectivity index (χ1) is 7.25. The van der Waals surface area contributed by atoms with Gasteiger partial charge in [0.05, 0.1) is 9.85 Å². The molecule has 1 aromatic carbocycles. The highest BCUT2D eigenvalue weighted by Crippen LogP contribution is 2.32. The molecule has 0 spiro atoms. The third kappa shape index (κ3) is 2.12. The Morgan fingerprint density at radius 2 is 1.69 bits per heavy atom. The summed E-state index contributed by atoms with van der Waals surface area (Å²) in [6.07, 6.45) is 0. The van der Waals surface area contributed by atoms with E-state index in [2.05, 4.69) is 0 Å². The van der Waals surface area contributed by atoms with E-state index in [4.69, 9.17) is 4.55 Å². The van der Waals surface area contributed by atoms with Crippen LogP contribution in [0.2, 0.25) is 0 Å². The van der Waals surface area contributed by atoms with Gasteiger partial charge in [-0.05, 0) is 6.07 Å². The average Bonchev–Trinajstić information content (AvgIpc) is 2.14. The van der Waals surface area contributed by atoms with Crippen molar-refractivity contribution in [3.8, 4) is 0 Å². The predicted molar refractivity (Wildman–Crippen MR) is 49.6 cm³/mol. The summed E-state index contributed by atoms with van der Waals surface area (Å²) in [6, 6.07) is 2.40. The molecule has 0 aliphatic carbocycles. The van der Waals surface area contributed by atoms with Gasteiger partial charge in [-0.1, -0.05) is 6.07 Å². The van der Waals surface area contributed by atoms with E-state index in [1.807, 2.05) is 0 Å². The van der Waals surface area contributed by atoms with Gasteiger partial charge in [-0.15, -0.1) is 0 Å². The Balaban J connectivity index is 3.72. The third-order valence-corrected chi connectivity index (χ3v) is 2.52. The Morgan fingerprint density at radius 1 is 1.12 bits per heavy atom. The van der Waals surface area contributed by atoms with Crippen LogP contribution in [0.5, 0.6) is 0 Å². The van der Waals surface area contributed by atoms with Crippen molar-refractivity contribution in [1.29, 1.82) is 0 Å². The van der Waals surface area contributed by atoms with Gasteiger partial charge < -0.3 is 0 Å². The van der Waals surface area contributed by atoms with Crippen molar-refractivity contribution in [2.75, 3.05) is 0 Å². The lowest BCUT2D eigenvalue weighted by Crippen LogP contribution is -2.05. The van der Waals surface area contributed by atoms with Gasteiger partial charge in [-0.2, -0.15) is 8.42 Å². The highest BCUT2D eigenvalue weighted by atomic mass is 32.2. The summed E-state index contributed by atoms with van der Waals surface area (Å²) < 4.78 is 30.2. The van der Waals surface area contributed by atoms with Crippen molar-refractivity contribution < 1.29 is 22.8 Å². The summed E-state index contributed by atoms with van der Waals surface area (Å²) in [5, 5.41) is 20.9. The molecule has 0 unspecified atom stereocenters. The number of nitro groups is 2. The van der Waals surface area contributed by atoms with Crippen LogP contribution in [0.1, 0.15) is 0 Å². The lowest BCUT2D eigenvalue weighted by atomic mass is 10.3. The molecule has 0 aromatic heterocycles. The first-order valence-electron chi connectivity index (χ1n) is 3.64. The molecule has 86 valence electrons. The van der Waals surface area contributed by atoms with E-state index < -0.39 is 36.2 Å². The fraction of sp³-hybridized carbons (Fsp3) is 0. The van der Waals surface area contributed by atoms with Crippen LogP contribution < -0.4 is 0 Å². The third-order valence-electron chi connectivity index (χ3n) is 1.63. The molecule has 9 nitrogen and oxygen atoms in total. The quantitative estimate of drug-likeness (QED) is 0.472. The average molecular weight is 248 g/mol. The van der Waals surface area contributed by atoms with Gasteiger partial charge in [-0.3, -0.25) is 24.8 Å². The number of para-hydroxylation sites is 1. The Bertz CT molecular complexity index is 564. The second-order valence-corrected chi connectivity index (χ2v) is 4.00. The van der Waals surface area contributed by atoms with Gasteiger partial charge in [0.15, 0.2) is 4.90 Å². The summed E-state index contributed by atoms with van der Waals surface area (Å²) in [5.74, 6) is 0. The maximum absolute atomic E-state index is 10.8.